The van der Waals surface area contributed by atoms with Crippen LogP contribution in [-0.4, -0.2) is 13.9 Å². The average Bonchev–Trinajstić information content (AvgIpc) is 2.63. The average molecular weight is 336 g/mol. The monoisotopic (exact) mass is 334 g/mol. The van der Waals surface area contributed by atoms with Gasteiger partial charge in [0, 0.05) is 0 Å². The molecule has 0 amide bonds. The van der Waals surface area contributed by atoms with Gasteiger partial charge in [-0.25, -0.2) is 0 Å². The van der Waals surface area contributed by atoms with Crippen LogP contribution < -0.4 is 14.2 Å². The van der Waals surface area contributed by atoms with Crippen molar-refractivity contribution in [1.29, 1.82) is 0 Å². The first kappa shape index (κ1) is 10.8. The van der Waals surface area contributed by atoms with Gasteiger partial charge in [-0.05, 0) is 55.6 Å². The molecule has 0 radical (unpaired) electrons. The third kappa shape index (κ3) is 2.29. The van der Waals surface area contributed by atoms with E-state index in [-0.39, 0.29) is 6.79 Å². The molecule has 2 rings (SSSR count). The van der Waals surface area contributed by atoms with E-state index >= 15 is 0 Å². The summed E-state index contributed by atoms with van der Waals surface area (Å²) in [5, 5.41) is 0. The van der Waals surface area contributed by atoms with E-state index in [1.807, 2.05) is 18.2 Å². The van der Waals surface area contributed by atoms with Crippen LogP contribution in [0.25, 0.3) is 6.08 Å². The Labute approximate surface area is 104 Å². The van der Waals surface area contributed by atoms with Gasteiger partial charge in [-0.2, -0.15) is 0 Å². The van der Waals surface area contributed by atoms with Crippen molar-refractivity contribution in [1.82, 2.24) is 0 Å². The fraction of sp³-hybridized carbons (Fsp3) is 0.200. The molecule has 3 nitrogen and oxygen atoms in total. The zero-order valence-electron chi connectivity index (χ0n) is 7.92. The van der Waals surface area contributed by atoms with Gasteiger partial charge in [0.25, 0.3) is 0 Å². The van der Waals surface area contributed by atoms with Crippen LogP contribution in [0, 0.1) is 0 Å². The Kier molecular flexibility index (Phi) is 3.21. The van der Waals surface area contributed by atoms with Crippen molar-refractivity contribution in [2.45, 2.75) is 0 Å². The van der Waals surface area contributed by atoms with Crippen molar-refractivity contribution in [2.75, 3.05) is 13.9 Å². The van der Waals surface area contributed by atoms with Gasteiger partial charge in [0.05, 0.1) is 10.5 Å². The highest BCUT2D eigenvalue weighted by Crippen LogP contribution is 2.42. The van der Waals surface area contributed by atoms with Gasteiger partial charge in [0.1, 0.15) is 0 Å². The summed E-state index contributed by atoms with van der Waals surface area (Å²) >= 11 is 6.61. The molecule has 0 saturated heterocycles. The quantitative estimate of drug-likeness (QED) is 0.827. The first-order valence-corrected chi connectivity index (χ1v) is 5.79. The maximum atomic E-state index is 5.30. The summed E-state index contributed by atoms with van der Waals surface area (Å²) < 4.78 is 16.7. The van der Waals surface area contributed by atoms with Crippen LogP contribution in [0.3, 0.4) is 0 Å². The van der Waals surface area contributed by atoms with Crippen molar-refractivity contribution in [3.8, 4) is 17.2 Å². The van der Waals surface area contributed by atoms with E-state index in [1.165, 1.54) is 0 Å². The summed E-state index contributed by atoms with van der Waals surface area (Å²) in [5.74, 6) is 2.06. The van der Waals surface area contributed by atoms with E-state index in [0.29, 0.717) is 17.2 Å². The Balaban J connectivity index is 2.48. The smallest absolute Gasteiger partial charge is 0.231 e. The Bertz CT molecular complexity index is 411. The molecule has 1 aliphatic heterocycles. The highest BCUT2D eigenvalue weighted by atomic mass is 79.9. The molecule has 0 aliphatic carbocycles. The summed E-state index contributed by atoms with van der Waals surface area (Å²) in [7, 11) is 1.61. The molecule has 1 aromatic carbocycles. The first-order valence-electron chi connectivity index (χ1n) is 4.21. The highest BCUT2D eigenvalue weighted by Gasteiger charge is 2.19. The van der Waals surface area contributed by atoms with Crippen LogP contribution >= 0.6 is 31.9 Å². The molecule has 1 aromatic rings. The Morgan fingerprint density at radius 2 is 2.20 bits per heavy atom. The lowest BCUT2D eigenvalue weighted by molar-refractivity contribution is 0.171. The number of ether oxygens (including phenoxy) is 3. The summed E-state index contributed by atoms with van der Waals surface area (Å²) in [6, 6.07) is 3.78. The molecule has 0 aromatic heterocycles. The van der Waals surface area contributed by atoms with E-state index < -0.39 is 0 Å². The SMILES string of the molecule is COc1cc(C=C(Br)Br)cc2c1OCO2. The summed E-state index contributed by atoms with van der Waals surface area (Å²) in [5.41, 5.74) is 0.972. The topological polar surface area (TPSA) is 27.7 Å². The third-order valence-electron chi connectivity index (χ3n) is 1.96. The number of rotatable bonds is 2. The molecule has 0 N–H and O–H groups in total. The van der Waals surface area contributed by atoms with E-state index in [4.69, 9.17) is 14.2 Å². The summed E-state index contributed by atoms with van der Waals surface area (Å²) in [6.07, 6.45) is 1.91. The zero-order chi connectivity index (χ0) is 10.8. The van der Waals surface area contributed by atoms with Crippen LogP contribution in [0.2, 0.25) is 0 Å². The molecular formula is C10H8Br2O3. The maximum absolute atomic E-state index is 5.30. The second kappa shape index (κ2) is 4.45. The fourth-order valence-corrected chi connectivity index (χ4v) is 1.89. The van der Waals surface area contributed by atoms with Crippen LogP contribution in [0.1, 0.15) is 5.56 Å². The van der Waals surface area contributed by atoms with Gasteiger partial charge in [0.2, 0.25) is 12.5 Å². The first-order chi connectivity index (χ1) is 7.20. The number of hydrogen-bond acceptors (Lipinski definition) is 3. The van der Waals surface area contributed by atoms with Crippen LogP contribution in [0.15, 0.2) is 15.5 Å². The van der Waals surface area contributed by atoms with Crippen LogP contribution in [0.4, 0.5) is 0 Å². The van der Waals surface area contributed by atoms with Gasteiger partial charge in [0.15, 0.2) is 11.5 Å². The minimum absolute atomic E-state index is 0.244. The van der Waals surface area contributed by atoms with Crippen molar-refractivity contribution < 1.29 is 14.2 Å². The number of benzene rings is 1. The van der Waals surface area contributed by atoms with Crippen LogP contribution in [0.5, 0.6) is 17.2 Å². The van der Waals surface area contributed by atoms with E-state index in [0.717, 1.165) is 8.96 Å². The Morgan fingerprint density at radius 3 is 2.87 bits per heavy atom. The van der Waals surface area contributed by atoms with Crippen molar-refractivity contribution in [3.63, 3.8) is 0 Å². The highest BCUT2D eigenvalue weighted by molar-refractivity contribution is 9.28. The standard InChI is InChI=1S/C10H8Br2O3/c1-13-7-2-6(4-9(11)12)3-8-10(7)15-5-14-8/h2-4H,5H2,1H3. The second-order valence-electron chi connectivity index (χ2n) is 2.89. The second-order valence-corrected chi connectivity index (χ2v) is 5.66. The lowest BCUT2D eigenvalue weighted by Gasteiger charge is -2.05. The summed E-state index contributed by atoms with van der Waals surface area (Å²) in [6.45, 7) is 0.244. The largest absolute Gasteiger partial charge is 0.493 e. The minimum atomic E-state index is 0.244. The molecule has 0 bridgehead atoms. The van der Waals surface area contributed by atoms with Crippen molar-refractivity contribution >= 4 is 37.9 Å². The lowest BCUT2D eigenvalue weighted by Crippen LogP contribution is -1.93. The van der Waals surface area contributed by atoms with Gasteiger partial charge < -0.3 is 14.2 Å². The van der Waals surface area contributed by atoms with Crippen molar-refractivity contribution in [3.05, 3.63) is 21.1 Å². The van der Waals surface area contributed by atoms with E-state index in [2.05, 4.69) is 31.9 Å². The van der Waals surface area contributed by atoms with Gasteiger partial charge in [-0.3, -0.25) is 0 Å². The number of fused-ring (bicyclic) bond motifs is 1. The number of halogens is 2. The third-order valence-corrected chi connectivity index (χ3v) is 2.41. The van der Waals surface area contributed by atoms with Gasteiger partial charge in [-0.1, -0.05) is 0 Å². The summed E-state index contributed by atoms with van der Waals surface area (Å²) in [4.78, 5) is 0. The minimum Gasteiger partial charge on any atom is -0.493 e. The number of methoxy groups -OCH3 is 1. The fourth-order valence-electron chi connectivity index (χ4n) is 1.36. The molecule has 0 unspecified atom stereocenters. The van der Waals surface area contributed by atoms with Crippen LogP contribution in [-0.2, 0) is 0 Å². The molecule has 1 heterocycles. The zero-order valence-corrected chi connectivity index (χ0v) is 11.1. The van der Waals surface area contributed by atoms with Gasteiger partial charge in [-0.15, -0.1) is 0 Å². The molecule has 0 fully saturated rings. The molecule has 1 aliphatic rings. The van der Waals surface area contributed by atoms with E-state index in [9.17, 15) is 0 Å². The Morgan fingerprint density at radius 1 is 1.40 bits per heavy atom. The molecule has 5 heteroatoms. The molecular weight excluding hydrogens is 328 g/mol. The lowest BCUT2D eigenvalue weighted by atomic mass is 10.2. The number of hydrogen-bond donors (Lipinski definition) is 0. The normalized spacial score (nSPS) is 12.5. The maximum Gasteiger partial charge on any atom is 0.231 e. The molecule has 0 saturated carbocycles. The molecule has 15 heavy (non-hydrogen) atoms. The van der Waals surface area contributed by atoms with E-state index in [1.54, 1.807) is 7.11 Å². The predicted molar refractivity (Wildman–Crippen MR) is 64.9 cm³/mol. The van der Waals surface area contributed by atoms with Crippen molar-refractivity contribution in [2.24, 2.45) is 0 Å². The molecule has 0 spiro atoms. The molecule has 80 valence electrons. The molecule has 0 atom stereocenters. The Hall–Kier alpha value is -0.680. The predicted octanol–water partition coefficient (Wildman–Crippen LogP) is 3.51. The van der Waals surface area contributed by atoms with Gasteiger partial charge >= 0.3 is 0 Å².